The lowest BCUT2D eigenvalue weighted by Crippen LogP contribution is -2.43. The maximum Gasteiger partial charge on any atom is 0.237 e. The van der Waals surface area contributed by atoms with Gasteiger partial charge < -0.3 is 9.80 Å². The fraction of sp³-hybridized carbons (Fsp3) is 0.324. The first-order chi connectivity index (χ1) is 23.4. The largest absolute Gasteiger partial charge is 0.338 e. The maximum atomic E-state index is 14.0. The maximum absolute atomic E-state index is 14.0. The molecule has 0 saturated carbocycles. The van der Waals surface area contributed by atoms with Crippen LogP contribution in [0.1, 0.15) is 47.2 Å². The molecule has 0 N–H and O–H groups in total. The molecule has 0 unspecified atom stereocenters. The van der Waals surface area contributed by atoms with Crippen molar-refractivity contribution in [3.8, 4) is 17.5 Å². The van der Waals surface area contributed by atoms with Crippen LogP contribution < -0.4 is 4.90 Å². The molecule has 4 aromatic rings. The van der Waals surface area contributed by atoms with Crippen LogP contribution >= 0.6 is 0 Å². The zero-order valence-electron chi connectivity index (χ0n) is 26.8. The SMILES string of the molecule is Cn1cnc(-c2ccc(C3=CCN(C(=O)CN4CC[C@]5(CCN(c6ccc7c(c6)C(c6ccc(C#N)cn6)=NC7)C5=O)C4)CC3)cc2)n1. The summed E-state index contributed by atoms with van der Waals surface area (Å²) in [5, 5.41) is 13.5. The Morgan fingerprint density at radius 2 is 1.83 bits per heavy atom. The Bertz CT molecular complexity index is 2020. The number of hydrogen-bond donors (Lipinski definition) is 0. The number of likely N-dealkylation sites (tertiary alicyclic amines) is 1. The van der Waals surface area contributed by atoms with E-state index < -0.39 is 5.41 Å². The first-order valence-corrected chi connectivity index (χ1v) is 16.4. The van der Waals surface area contributed by atoms with Crippen LogP contribution in [-0.4, -0.2) is 86.3 Å². The van der Waals surface area contributed by atoms with Crippen LogP contribution in [0, 0.1) is 16.7 Å². The van der Waals surface area contributed by atoms with Gasteiger partial charge in [0.15, 0.2) is 5.82 Å². The molecule has 0 bridgehead atoms. The van der Waals surface area contributed by atoms with E-state index in [1.54, 1.807) is 23.3 Å². The topological polar surface area (TPSA) is 124 Å². The Balaban J connectivity index is 0.883. The normalized spacial score (nSPS) is 20.6. The van der Waals surface area contributed by atoms with Crippen molar-refractivity contribution in [2.24, 2.45) is 17.5 Å². The number of aryl methyl sites for hydroxylation is 1. The number of pyridine rings is 1. The van der Waals surface area contributed by atoms with Gasteiger partial charge in [0.05, 0.1) is 35.5 Å². The third kappa shape index (κ3) is 5.38. The molecule has 2 fully saturated rings. The van der Waals surface area contributed by atoms with Crippen molar-refractivity contribution in [3.63, 3.8) is 0 Å². The van der Waals surface area contributed by atoms with Crippen LogP contribution in [0.5, 0.6) is 0 Å². The number of hydrogen-bond acceptors (Lipinski definition) is 8. The predicted molar refractivity (Wildman–Crippen MR) is 181 cm³/mol. The fourth-order valence-electron chi connectivity index (χ4n) is 7.45. The zero-order valence-corrected chi connectivity index (χ0v) is 26.8. The van der Waals surface area contributed by atoms with E-state index in [4.69, 9.17) is 10.3 Å². The van der Waals surface area contributed by atoms with Crippen LogP contribution in [0.4, 0.5) is 5.69 Å². The molecular weight excluding hydrogens is 602 g/mol. The fourth-order valence-corrected chi connectivity index (χ4v) is 7.45. The molecule has 1 atom stereocenters. The van der Waals surface area contributed by atoms with Gasteiger partial charge in [0, 0.05) is 56.2 Å². The summed E-state index contributed by atoms with van der Waals surface area (Å²) in [7, 11) is 1.86. The molecule has 11 nitrogen and oxygen atoms in total. The minimum Gasteiger partial charge on any atom is -0.338 e. The minimum absolute atomic E-state index is 0.114. The summed E-state index contributed by atoms with van der Waals surface area (Å²) in [6, 6.07) is 20.1. The van der Waals surface area contributed by atoms with Gasteiger partial charge in [-0.1, -0.05) is 36.4 Å². The van der Waals surface area contributed by atoms with E-state index in [0.717, 1.165) is 65.2 Å². The van der Waals surface area contributed by atoms with E-state index in [-0.39, 0.29) is 11.8 Å². The molecule has 0 aliphatic carbocycles. The second-order valence-electron chi connectivity index (χ2n) is 13.1. The van der Waals surface area contributed by atoms with Crippen molar-refractivity contribution in [2.75, 3.05) is 44.2 Å². The van der Waals surface area contributed by atoms with Gasteiger partial charge >= 0.3 is 0 Å². The van der Waals surface area contributed by atoms with Gasteiger partial charge in [-0.2, -0.15) is 10.4 Å². The van der Waals surface area contributed by atoms with E-state index >= 15 is 0 Å². The van der Waals surface area contributed by atoms with E-state index in [1.807, 2.05) is 41.1 Å². The molecule has 6 heterocycles. The number of nitrogens with zero attached hydrogens (tertiary/aromatic N) is 9. The molecule has 11 heteroatoms. The van der Waals surface area contributed by atoms with Crippen molar-refractivity contribution >= 4 is 28.8 Å². The molecule has 4 aliphatic heterocycles. The number of anilines is 1. The minimum atomic E-state index is -0.461. The molecule has 4 aliphatic rings. The van der Waals surface area contributed by atoms with E-state index in [2.05, 4.69) is 56.4 Å². The molecule has 8 rings (SSSR count). The number of rotatable bonds is 6. The Morgan fingerprint density at radius 3 is 2.56 bits per heavy atom. The highest BCUT2D eigenvalue weighted by Crippen LogP contribution is 2.43. The van der Waals surface area contributed by atoms with Crippen LogP contribution in [0.15, 0.2) is 78.2 Å². The van der Waals surface area contributed by atoms with E-state index in [9.17, 15) is 9.59 Å². The van der Waals surface area contributed by atoms with Crippen molar-refractivity contribution in [2.45, 2.75) is 25.8 Å². The van der Waals surface area contributed by atoms with Crippen molar-refractivity contribution in [3.05, 3.63) is 101 Å². The smallest absolute Gasteiger partial charge is 0.237 e. The standard InChI is InChI=1S/C37H35N9O2/c1-43-24-41-35(42-43)28-5-3-26(4-6-28)27-10-14-45(15-11-27)33(47)22-44-16-12-37(23-44)13-17-46(36(37)48)30-8-7-29-21-40-34(31(29)18-30)32-9-2-25(19-38)20-39-32/h2-10,18,20,24H,11-17,21-23H2,1H3/t37-/m0/s1. The van der Waals surface area contributed by atoms with Gasteiger partial charge in [-0.15, -0.1) is 0 Å². The molecular formula is C37H35N9O2. The lowest BCUT2D eigenvalue weighted by molar-refractivity contribution is -0.132. The van der Waals surface area contributed by atoms with Crippen molar-refractivity contribution in [1.29, 1.82) is 5.26 Å². The highest BCUT2D eigenvalue weighted by Gasteiger charge is 2.51. The van der Waals surface area contributed by atoms with Crippen molar-refractivity contribution in [1.82, 2.24) is 29.5 Å². The molecule has 1 spiro atoms. The summed E-state index contributed by atoms with van der Waals surface area (Å²) in [6.45, 7) is 4.17. The molecule has 2 aromatic carbocycles. The van der Waals surface area contributed by atoms with Crippen LogP contribution in [0.2, 0.25) is 0 Å². The third-order valence-electron chi connectivity index (χ3n) is 10.2. The number of aromatic nitrogens is 4. The number of aliphatic imine (C=N–C) groups is 1. The average molecular weight is 638 g/mol. The molecule has 2 aromatic heterocycles. The number of benzene rings is 2. The molecule has 0 radical (unpaired) electrons. The second kappa shape index (κ2) is 12.0. The van der Waals surface area contributed by atoms with Gasteiger partial charge in [0.25, 0.3) is 0 Å². The van der Waals surface area contributed by atoms with Crippen molar-refractivity contribution < 1.29 is 9.59 Å². The molecule has 2 amide bonds. The summed E-state index contributed by atoms with van der Waals surface area (Å²) in [5.41, 5.74) is 7.89. The number of carbonyl (C=O) groups excluding carboxylic acids is 2. The van der Waals surface area contributed by atoms with Gasteiger partial charge in [-0.05, 0) is 66.8 Å². The zero-order chi connectivity index (χ0) is 32.8. The molecule has 2 saturated heterocycles. The Kier molecular flexibility index (Phi) is 7.45. The molecule has 240 valence electrons. The monoisotopic (exact) mass is 637 g/mol. The Labute approximate surface area is 278 Å². The number of carbonyl (C=O) groups is 2. The first kappa shape index (κ1) is 29.9. The van der Waals surface area contributed by atoms with E-state index in [0.29, 0.717) is 50.7 Å². The summed E-state index contributed by atoms with van der Waals surface area (Å²) in [6.07, 6.45) is 7.75. The Morgan fingerprint density at radius 1 is 1.00 bits per heavy atom. The second-order valence-corrected chi connectivity index (χ2v) is 13.1. The number of amides is 2. The van der Waals surface area contributed by atoms with Gasteiger partial charge in [-0.25, -0.2) is 4.98 Å². The summed E-state index contributed by atoms with van der Waals surface area (Å²) >= 11 is 0. The highest BCUT2D eigenvalue weighted by molar-refractivity contribution is 6.15. The highest BCUT2D eigenvalue weighted by atomic mass is 16.2. The van der Waals surface area contributed by atoms with Gasteiger partial charge in [0.2, 0.25) is 11.8 Å². The number of nitriles is 1. The first-order valence-electron chi connectivity index (χ1n) is 16.4. The predicted octanol–water partition coefficient (Wildman–Crippen LogP) is 3.84. The van der Waals surface area contributed by atoms with E-state index in [1.165, 1.54) is 5.57 Å². The lowest BCUT2D eigenvalue weighted by Gasteiger charge is -2.29. The number of fused-ring (bicyclic) bond motifs is 1. The summed E-state index contributed by atoms with van der Waals surface area (Å²) < 4.78 is 1.69. The van der Waals surface area contributed by atoms with Gasteiger partial charge in [0.1, 0.15) is 12.4 Å². The summed E-state index contributed by atoms with van der Waals surface area (Å²) in [5.74, 6) is 0.962. The van der Waals surface area contributed by atoms with Crippen LogP contribution in [-0.2, 0) is 23.2 Å². The van der Waals surface area contributed by atoms with Gasteiger partial charge in [-0.3, -0.25) is 29.1 Å². The third-order valence-corrected chi connectivity index (χ3v) is 10.2. The average Bonchev–Trinajstić information content (AvgIpc) is 3.92. The lowest BCUT2D eigenvalue weighted by atomic mass is 9.85. The van der Waals surface area contributed by atoms with Crippen LogP contribution in [0.3, 0.4) is 0 Å². The summed E-state index contributed by atoms with van der Waals surface area (Å²) in [4.78, 5) is 46.8. The van der Waals surface area contributed by atoms with Crippen LogP contribution in [0.25, 0.3) is 17.0 Å². The quantitative estimate of drug-likeness (QED) is 0.315. The Hall–Kier alpha value is -5.47. The molecule has 48 heavy (non-hydrogen) atoms.